The lowest BCUT2D eigenvalue weighted by Gasteiger charge is -1.98. The van der Waals surface area contributed by atoms with Gasteiger partial charge in [-0.05, 0) is 32.9 Å². The number of hydrogen-bond donors (Lipinski definition) is 2. The molecule has 0 amide bonds. The minimum atomic E-state index is -0.304. The van der Waals surface area contributed by atoms with Gasteiger partial charge < -0.3 is 10.4 Å². The Kier molecular flexibility index (Phi) is 7.52. The smallest absolute Gasteiger partial charge is 0.0692 e. The first-order chi connectivity index (χ1) is 5.27. The fourth-order valence-electron chi connectivity index (χ4n) is 0.780. The molecule has 0 aromatic rings. The third kappa shape index (κ3) is 9.66. The van der Waals surface area contributed by atoms with Crippen LogP contribution in [0.5, 0.6) is 0 Å². The monoisotopic (exact) mass is 157 g/mol. The van der Waals surface area contributed by atoms with Gasteiger partial charge in [-0.1, -0.05) is 19.1 Å². The van der Waals surface area contributed by atoms with Crippen LogP contribution in [0.2, 0.25) is 0 Å². The Morgan fingerprint density at radius 1 is 1.45 bits per heavy atom. The first-order valence-corrected chi connectivity index (χ1v) is 4.32. The fourth-order valence-corrected chi connectivity index (χ4v) is 0.780. The van der Waals surface area contributed by atoms with Crippen LogP contribution in [0, 0.1) is 0 Å². The van der Waals surface area contributed by atoms with Gasteiger partial charge in [0.05, 0.1) is 6.10 Å². The zero-order valence-corrected chi connectivity index (χ0v) is 7.51. The third-order valence-corrected chi connectivity index (χ3v) is 1.33. The van der Waals surface area contributed by atoms with Crippen LogP contribution in [0.15, 0.2) is 12.2 Å². The number of rotatable bonds is 6. The van der Waals surface area contributed by atoms with Crippen molar-refractivity contribution in [3.05, 3.63) is 12.2 Å². The van der Waals surface area contributed by atoms with E-state index in [1.165, 1.54) is 6.42 Å². The maximum atomic E-state index is 8.85. The van der Waals surface area contributed by atoms with E-state index in [4.69, 9.17) is 5.11 Å². The Labute approximate surface area is 69.3 Å². The molecular weight excluding hydrogens is 138 g/mol. The van der Waals surface area contributed by atoms with E-state index in [1.54, 1.807) is 6.92 Å². The average molecular weight is 157 g/mol. The maximum Gasteiger partial charge on any atom is 0.0692 e. The lowest BCUT2D eigenvalue weighted by molar-refractivity contribution is 0.244. The number of hydrogen-bond acceptors (Lipinski definition) is 2. The largest absolute Gasteiger partial charge is 0.389 e. The highest BCUT2D eigenvalue weighted by molar-refractivity contribution is 4.86. The summed E-state index contributed by atoms with van der Waals surface area (Å²) in [7, 11) is 0. The van der Waals surface area contributed by atoms with Gasteiger partial charge in [0.2, 0.25) is 0 Å². The molecule has 0 heterocycles. The molecule has 2 heteroatoms. The van der Waals surface area contributed by atoms with Gasteiger partial charge in [-0.2, -0.15) is 0 Å². The third-order valence-electron chi connectivity index (χ3n) is 1.33. The summed E-state index contributed by atoms with van der Waals surface area (Å²) in [4.78, 5) is 0. The van der Waals surface area contributed by atoms with Gasteiger partial charge in [-0.25, -0.2) is 0 Å². The highest BCUT2D eigenvalue weighted by Gasteiger charge is 1.84. The lowest BCUT2D eigenvalue weighted by atomic mass is 10.3. The molecule has 0 saturated heterocycles. The van der Waals surface area contributed by atoms with E-state index in [-0.39, 0.29) is 6.10 Å². The number of nitrogens with one attached hydrogen (secondary N) is 1. The summed E-state index contributed by atoms with van der Waals surface area (Å²) in [6, 6.07) is 0. The van der Waals surface area contributed by atoms with Crippen LogP contribution in [0.1, 0.15) is 26.7 Å². The zero-order valence-electron chi connectivity index (χ0n) is 7.51. The van der Waals surface area contributed by atoms with E-state index in [9.17, 15) is 0 Å². The molecular formula is C9H19NO. The fraction of sp³-hybridized carbons (Fsp3) is 0.778. The molecule has 11 heavy (non-hydrogen) atoms. The van der Waals surface area contributed by atoms with Crippen LogP contribution in [-0.4, -0.2) is 24.3 Å². The molecule has 0 aliphatic carbocycles. The van der Waals surface area contributed by atoms with Crippen molar-refractivity contribution < 1.29 is 5.11 Å². The second-order valence-corrected chi connectivity index (χ2v) is 2.71. The summed E-state index contributed by atoms with van der Waals surface area (Å²) in [6.45, 7) is 6.01. The molecule has 0 radical (unpaired) electrons. The van der Waals surface area contributed by atoms with Crippen molar-refractivity contribution in [2.75, 3.05) is 13.1 Å². The molecule has 0 aromatic carbocycles. The first-order valence-electron chi connectivity index (χ1n) is 4.32. The van der Waals surface area contributed by atoms with Crippen LogP contribution < -0.4 is 5.32 Å². The van der Waals surface area contributed by atoms with Crippen LogP contribution in [0.3, 0.4) is 0 Å². The summed E-state index contributed by atoms with van der Waals surface area (Å²) in [5.41, 5.74) is 0. The second kappa shape index (κ2) is 7.76. The number of aliphatic hydroxyl groups excluding tert-OH is 1. The molecule has 1 atom stereocenters. The van der Waals surface area contributed by atoms with E-state index < -0.39 is 0 Å². The first kappa shape index (κ1) is 10.7. The predicted octanol–water partition coefficient (Wildman–Crippen LogP) is 1.31. The van der Waals surface area contributed by atoms with Gasteiger partial charge >= 0.3 is 0 Å². The quantitative estimate of drug-likeness (QED) is 0.450. The number of aliphatic hydroxyl groups is 1. The summed E-state index contributed by atoms with van der Waals surface area (Å²) >= 11 is 0. The molecule has 0 aromatic heterocycles. The van der Waals surface area contributed by atoms with Gasteiger partial charge in [-0.15, -0.1) is 0 Å². The van der Waals surface area contributed by atoms with Gasteiger partial charge in [0.1, 0.15) is 0 Å². The zero-order chi connectivity index (χ0) is 8.53. The molecule has 0 rings (SSSR count). The molecule has 2 N–H and O–H groups in total. The Morgan fingerprint density at radius 3 is 2.73 bits per heavy atom. The van der Waals surface area contributed by atoms with Gasteiger partial charge in [0, 0.05) is 0 Å². The maximum absolute atomic E-state index is 8.85. The van der Waals surface area contributed by atoms with Crippen molar-refractivity contribution in [1.29, 1.82) is 0 Å². The van der Waals surface area contributed by atoms with Crippen molar-refractivity contribution in [3.8, 4) is 0 Å². The summed E-state index contributed by atoms with van der Waals surface area (Å²) in [6.07, 6.45) is 5.70. The van der Waals surface area contributed by atoms with E-state index >= 15 is 0 Å². The van der Waals surface area contributed by atoms with Crippen molar-refractivity contribution in [1.82, 2.24) is 5.32 Å². The van der Waals surface area contributed by atoms with E-state index in [0.29, 0.717) is 0 Å². The van der Waals surface area contributed by atoms with E-state index in [1.807, 2.05) is 12.2 Å². The molecule has 2 nitrogen and oxygen atoms in total. The molecule has 0 aliphatic rings. The molecule has 0 spiro atoms. The molecule has 0 bridgehead atoms. The molecule has 66 valence electrons. The normalized spacial score (nSPS) is 14.1. The Balaban J connectivity index is 3.01. The van der Waals surface area contributed by atoms with E-state index in [2.05, 4.69) is 12.2 Å². The van der Waals surface area contributed by atoms with Crippen LogP contribution in [0.25, 0.3) is 0 Å². The average Bonchev–Trinajstić information content (AvgIpc) is 1.96. The Morgan fingerprint density at radius 2 is 2.18 bits per heavy atom. The standard InChI is InChI=1S/C9H19NO/c1-3-7-10-8-5-4-6-9(2)11/h4,6,9-11H,3,5,7-8H2,1-2H3/b6-4-. The van der Waals surface area contributed by atoms with Crippen LogP contribution in [0.4, 0.5) is 0 Å². The predicted molar refractivity (Wildman–Crippen MR) is 48.6 cm³/mol. The molecule has 0 saturated carbocycles. The molecule has 0 aliphatic heterocycles. The topological polar surface area (TPSA) is 32.3 Å². The van der Waals surface area contributed by atoms with E-state index in [0.717, 1.165) is 19.5 Å². The Hall–Kier alpha value is -0.340. The summed E-state index contributed by atoms with van der Waals surface area (Å²) in [5, 5.41) is 12.1. The van der Waals surface area contributed by atoms with Crippen molar-refractivity contribution in [2.24, 2.45) is 0 Å². The summed E-state index contributed by atoms with van der Waals surface area (Å²) < 4.78 is 0. The SMILES string of the molecule is CCCNCC/C=C\C(C)O. The summed E-state index contributed by atoms with van der Waals surface area (Å²) in [5.74, 6) is 0. The minimum Gasteiger partial charge on any atom is -0.389 e. The lowest BCUT2D eigenvalue weighted by Crippen LogP contribution is -2.15. The van der Waals surface area contributed by atoms with Gasteiger partial charge in [0.15, 0.2) is 0 Å². The van der Waals surface area contributed by atoms with Crippen molar-refractivity contribution in [2.45, 2.75) is 32.8 Å². The highest BCUT2D eigenvalue weighted by Crippen LogP contribution is 1.86. The van der Waals surface area contributed by atoms with Crippen LogP contribution in [-0.2, 0) is 0 Å². The van der Waals surface area contributed by atoms with Gasteiger partial charge in [0.25, 0.3) is 0 Å². The van der Waals surface area contributed by atoms with Gasteiger partial charge in [-0.3, -0.25) is 0 Å². The molecule has 1 unspecified atom stereocenters. The van der Waals surface area contributed by atoms with Crippen LogP contribution >= 0.6 is 0 Å². The molecule has 0 fully saturated rings. The van der Waals surface area contributed by atoms with Crippen molar-refractivity contribution in [3.63, 3.8) is 0 Å². The highest BCUT2D eigenvalue weighted by atomic mass is 16.3. The Bertz CT molecular complexity index is 99.7. The second-order valence-electron chi connectivity index (χ2n) is 2.71. The minimum absolute atomic E-state index is 0.304. The van der Waals surface area contributed by atoms with Crippen molar-refractivity contribution >= 4 is 0 Å².